The van der Waals surface area contributed by atoms with Crippen LogP contribution in [0.2, 0.25) is 0 Å². The first-order chi connectivity index (χ1) is 8.45. The molecule has 0 aliphatic heterocycles. The van der Waals surface area contributed by atoms with Gasteiger partial charge in [-0.3, -0.25) is 4.90 Å². The van der Waals surface area contributed by atoms with E-state index in [0.717, 1.165) is 6.08 Å². The zero-order chi connectivity index (χ0) is 13.7. The first kappa shape index (κ1) is 14.2. The normalized spacial score (nSPS) is 12.9. The highest BCUT2D eigenvalue weighted by Gasteiger charge is 2.16. The van der Waals surface area contributed by atoms with Crippen molar-refractivity contribution in [1.82, 2.24) is 4.90 Å². The van der Waals surface area contributed by atoms with Crippen molar-refractivity contribution in [2.45, 2.75) is 6.04 Å². The molecule has 98 valence electrons. The Morgan fingerprint density at radius 3 is 2.67 bits per heavy atom. The van der Waals surface area contributed by atoms with Crippen LogP contribution in [-0.4, -0.2) is 37.2 Å². The maximum atomic E-state index is 13.3. The molecule has 5 heteroatoms. The SMILES string of the molecule is COc1ccc(F)cc1C(/C=C/C(=O)O)N(C)C. The second-order valence-electron chi connectivity index (χ2n) is 3.99. The van der Waals surface area contributed by atoms with Crippen molar-refractivity contribution >= 4 is 5.97 Å². The number of rotatable bonds is 5. The molecular weight excluding hydrogens is 237 g/mol. The lowest BCUT2D eigenvalue weighted by atomic mass is 10.0. The Morgan fingerprint density at radius 1 is 1.50 bits per heavy atom. The topological polar surface area (TPSA) is 49.8 Å². The first-order valence-electron chi connectivity index (χ1n) is 5.36. The Hall–Kier alpha value is -1.88. The van der Waals surface area contributed by atoms with Crippen LogP contribution in [0.15, 0.2) is 30.4 Å². The number of ether oxygens (including phenoxy) is 1. The second kappa shape index (κ2) is 6.16. The van der Waals surface area contributed by atoms with Gasteiger partial charge in [0, 0.05) is 11.6 Å². The number of hydrogen-bond donors (Lipinski definition) is 1. The number of benzene rings is 1. The molecule has 1 aromatic rings. The van der Waals surface area contributed by atoms with Crippen LogP contribution in [0, 0.1) is 5.82 Å². The third-order valence-corrected chi connectivity index (χ3v) is 2.49. The van der Waals surface area contributed by atoms with Gasteiger partial charge in [-0.1, -0.05) is 6.08 Å². The molecule has 0 aliphatic rings. The number of carbonyl (C=O) groups is 1. The minimum absolute atomic E-state index is 0.369. The molecule has 4 nitrogen and oxygen atoms in total. The summed E-state index contributed by atoms with van der Waals surface area (Å²) in [5.74, 6) is -0.913. The van der Waals surface area contributed by atoms with Crippen LogP contribution in [0.1, 0.15) is 11.6 Å². The van der Waals surface area contributed by atoms with Crippen molar-refractivity contribution in [2.75, 3.05) is 21.2 Å². The average molecular weight is 253 g/mol. The minimum atomic E-state index is -1.04. The Labute approximate surface area is 105 Å². The fourth-order valence-electron chi connectivity index (χ4n) is 1.66. The fraction of sp³-hybridized carbons (Fsp3) is 0.308. The van der Waals surface area contributed by atoms with Crippen LogP contribution in [-0.2, 0) is 4.79 Å². The van der Waals surface area contributed by atoms with Gasteiger partial charge in [-0.05, 0) is 32.3 Å². The zero-order valence-corrected chi connectivity index (χ0v) is 10.6. The molecule has 0 amide bonds. The molecule has 1 N–H and O–H groups in total. The van der Waals surface area contributed by atoms with Crippen molar-refractivity contribution in [1.29, 1.82) is 0 Å². The molecule has 1 atom stereocenters. The van der Waals surface area contributed by atoms with Crippen molar-refractivity contribution in [3.63, 3.8) is 0 Å². The molecule has 0 saturated heterocycles. The molecule has 1 rings (SSSR count). The fourth-order valence-corrected chi connectivity index (χ4v) is 1.66. The van der Waals surface area contributed by atoms with E-state index in [1.165, 1.54) is 31.4 Å². The van der Waals surface area contributed by atoms with E-state index < -0.39 is 5.97 Å². The summed E-state index contributed by atoms with van der Waals surface area (Å²) < 4.78 is 18.5. The molecule has 0 bridgehead atoms. The lowest BCUT2D eigenvalue weighted by Crippen LogP contribution is -2.19. The summed E-state index contributed by atoms with van der Waals surface area (Å²) >= 11 is 0. The van der Waals surface area contributed by atoms with E-state index in [0.29, 0.717) is 11.3 Å². The summed E-state index contributed by atoms with van der Waals surface area (Å²) in [5.41, 5.74) is 0.583. The molecule has 1 aromatic carbocycles. The number of nitrogens with zero attached hydrogens (tertiary/aromatic N) is 1. The number of aliphatic carboxylic acids is 1. The minimum Gasteiger partial charge on any atom is -0.496 e. The maximum absolute atomic E-state index is 13.3. The van der Waals surface area contributed by atoms with E-state index in [1.807, 2.05) is 0 Å². The highest BCUT2D eigenvalue weighted by atomic mass is 19.1. The van der Waals surface area contributed by atoms with Gasteiger partial charge in [-0.15, -0.1) is 0 Å². The molecular formula is C13H16FNO3. The van der Waals surface area contributed by atoms with Gasteiger partial charge in [-0.2, -0.15) is 0 Å². The van der Waals surface area contributed by atoms with Crippen LogP contribution >= 0.6 is 0 Å². The van der Waals surface area contributed by atoms with E-state index in [4.69, 9.17) is 9.84 Å². The Balaban J connectivity index is 3.20. The van der Waals surface area contributed by atoms with Gasteiger partial charge in [0.1, 0.15) is 11.6 Å². The quantitative estimate of drug-likeness (QED) is 0.816. The lowest BCUT2D eigenvalue weighted by Gasteiger charge is -2.23. The van der Waals surface area contributed by atoms with Crippen LogP contribution in [0.5, 0.6) is 5.75 Å². The highest BCUT2D eigenvalue weighted by Crippen LogP contribution is 2.29. The van der Waals surface area contributed by atoms with Gasteiger partial charge in [0.15, 0.2) is 0 Å². The van der Waals surface area contributed by atoms with Crippen molar-refractivity contribution in [3.05, 3.63) is 41.7 Å². The monoisotopic (exact) mass is 253 g/mol. The third-order valence-electron chi connectivity index (χ3n) is 2.49. The predicted octanol–water partition coefficient (Wildman–Crippen LogP) is 2.08. The third kappa shape index (κ3) is 3.56. The molecule has 0 radical (unpaired) electrons. The number of likely N-dealkylation sites (N-methyl/N-ethyl adjacent to an activating group) is 1. The Morgan fingerprint density at radius 2 is 2.17 bits per heavy atom. The summed E-state index contributed by atoms with van der Waals surface area (Å²) in [6, 6.07) is 3.80. The van der Waals surface area contributed by atoms with Crippen molar-refractivity contribution in [3.8, 4) is 5.75 Å². The number of halogens is 1. The largest absolute Gasteiger partial charge is 0.496 e. The van der Waals surface area contributed by atoms with Gasteiger partial charge in [0.05, 0.1) is 13.2 Å². The summed E-state index contributed by atoms with van der Waals surface area (Å²) in [7, 11) is 5.05. The summed E-state index contributed by atoms with van der Waals surface area (Å²) in [6.45, 7) is 0. The van der Waals surface area contributed by atoms with Crippen molar-refractivity contribution in [2.24, 2.45) is 0 Å². The smallest absolute Gasteiger partial charge is 0.328 e. The van der Waals surface area contributed by atoms with Gasteiger partial charge in [0.2, 0.25) is 0 Å². The van der Waals surface area contributed by atoms with Gasteiger partial charge < -0.3 is 9.84 Å². The van der Waals surface area contributed by atoms with Gasteiger partial charge >= 0.3 is 5.97 Å². The van der Waals surface area contributed by atoms with E-state index in [2.05, 4.69) is 0 Å². The number of methoxy groups -OCH3 is 1. The Bertz CT molecular complexity index is 458. The van der Waals surface area contributed by atoms with Crippen LogP contribution in [0.4, 0.5) is 4.39 Å². The van der Waals surface area contributed by atoms with Crippen molar-refractivity contribution < 1.29 is 19.0 Å². The molecule has 0 heterocycles. The molecule has 0 spiro atoms. The van der Waals surface area contributed by atoms with Gasteiger partial charge in [0.25, 0.3) is 0 Å². The second-order valence-corrected chi connectivity index (χ2v) is 3.99. The molecule has 1 unspecified atom stereocenters. The lowest BCUT2D eigenvalue weighted by molar-refractivity contribution is -0.131. The Kier molecular flexibility index (Phi) is 4.85. The van der Waals surface area contributed by atoms with Crippen LogP contribution in [0.25, 0.3) is 0 Å². The van der Waals surface area contributed by atoms with Gasteiger partial charge in [-0.25, -0.2) is 9.18 Å². The van der Waals surface area contributed by atoms with E-state index in [-0.39, 0.29) is 11.9 Å². The van der Waals surface area contributed by atoms with Crippen LogP contribution in [0.3, 0.4) is 0 Å². The summed E-state index contributed by atoms with van der Waals surface area (Å²) in [4.78, 5) is 12.3. The van der Waals surface area contributed by atoms with E-state index in [1.54, 1.807) is 19.0 Å². The summed E-state index contributed by atoms with van der Waals surface area (Å²) in [6.07, 6.45) is 2.52. The molecule has 0 fully saturated rings. The van der Waals surface area contributed by atoms with Crippen LogP contribution < -0.4 is 4.74 Å². The van der Waals surface area contributed by atoms with E-state index in [9.17, 15) is 9.18 Å². The predicted molar refractivity (Wildman–Crippen MR) is 66.2 cm³/mol. The number of carboxylic acid groups (broad SMARTS) is 1. The van der Waals surface area contributed by atoms with E-state index >= 15 is 0 Å². The maximum Gasteiger partial charge on any atom is 0.328 e. The summed E-state index contributed by atoms with van der Waals surface area (Å²) in [5, 5.41) is 8.66. The first-order valence-corrected chi connectivity index (χ1v) is 5.36. The molecule has 0 aliphatic carbocycles. The number of carboxylic acids is 1. The molecule has 0 saturated carbocycles. The number of hydrogen-bond acceptors (Lipinski definition) is 3. The molecule has 18 heavy (non-hydrogen) atoms. The highest BCUT2D eigenvalue weighted by molar-refractivity contribution is 5.79. The average Bonchev–Trinajstić information content (AvgIpc) is 2.28. The molecule has 0 aromatic heterocycles. The standard InChI is InChI=1S/C13H16FNO3/c1-15(2)11(5-7-13(16)17)10-8-9(14)4-6-12(10)18-3/h4-8,11H,1-3H3,(H,16,17)/b7-5+. The zero-order valence-electron chi connectivity index (χ0n) is 10.6.